The minimum absolute atomic E-state index is 0.0156. The predicted octanol–water partition coefficient (Wildman–Crippen LogP) is 0.979. The summed E-state index contributed by atoms with van der Waals surface area (Å²) in [6, 6.07) is 0. The highest BCUT2D eigenvalue weighted by Crippen LogP contribution is 2.16. The number of carbonyl (C=O) groups excluding carboxylic acids is 2. The Morgan fingerprint density at radius 3 is 1.57 bits per heavy atom. The summed E-state index contributed by atoms with van der Waals surface area (Å²) in [4.78, 5) is 22.6. The van der Waals surface area contributed by atoms with Crippen LogP contribution in [0.4, 0.5) is 0 Å². The van der Waals surface area contributed by atoms with Crippen molar-refractivity contribution in [3.05, 3.63) is 23.7 Å². The van der Waals surface area contributed by atoms with Crippen LogP contribution in [-0.2, 0) is 19.1 Å². The third-order valence-corrected chi connectivity index (χ3v) is 1.62. The fourth-order valence-corrected chi connectivity index (χ4v) is 1.09. The van der Waals surface area contributed by atoms with Crippen molar-refractivity contribution in [3.8, 4) is 0 Å². The quantitative estimate of drug-likeness (QED) is 0.629. The van der Waals surface area contributed by atoms with Gasteiger partial charge in [0.1, 0.15) is 0 Å². The molecule has 0 N–H and O–H groups in total. The molecule has 76 valence electrons. The van der Waals surface area contributed by atoms with Gasteiger partial charge in [0.15, 0.2) is 0 Å². The number of rotatable bonds is 4. The van der Waals surface area contributed by atoms with Crippen molar-refractivity contribution in [1.29, 1.82) is 0 Å². The van der Waals surface area contributed by atoms with Gasteiger partial charge in [-0.25, -0.2) is 0 Å². The minimum Gasteiger partial charge on any atom is -0.486 e. The van der Waals surface area contributed by atoms with Gasteiger partial charge in [-0.2, -0.15) is 0 Å². The third-order valence-electron chi connectivity index (χ3n) is 1.62. The van der Waals surface area contributed by atoms with E-state index in [1.807, 2.05) is 0 Å². The second-order valence-electron chi connectivity index (χ2n) is 2.59. The monoisotopic (exact) mass is 196 g/mol. The number of ketones is 2. The van der Waals surface area contributed by atoms with Crippen LogP contribution in [0, 0.1) is 0 Å². The number of hydrogen-bond acceptors (Lipinski definition) is 4. The number of allylic oxidation sites excluding steroid dienone is 2. The van der Waals surface area contributed by atoms with Gasteiger partial charge in [0.05, 0.1) is 13.2 Å². The molecule has 0 heterocycles. The molecule has 0 amide bonds. The van der Waals surface area contributed by atoms with E-state index in [0.717, 1.165) is 0 Å². The van der Waals surface area contributed by atoms with Crippen molar-refractivity contribution < 1.29 is 19.1 Å². The summed E-state index contributed by atoms with van der Waals surface area (Å²) in [6.07, 6.45) is 2.38. The molecule has 14 heavy (non-hydrogen) atoms. The van der Waals surface area contributed by atoms with E-state index in [1.165, 1.54) is 12.2 Å². The first-order valence-corrected chi connectivity index (χ1v) is 4.47. The summed E-state index contributed by atoms with van der Waals surface area (Å²) >= 11 is 0. The van der Waals surface area contributed by atoms with E-state index in [4.69, 9.17) is 9.47 Å². The van der Waals surface area contributed by atoms with Crippen LogP contribution >= 0.6 is 0 Å². The zero-order valence-corrected chi connectivity index (χ0v) is 8.20. The van der Waals surface area contributed by atoms with Gasteiger partial charge < -0.3 is 9.47 Å². The molecule has 0 saturated carbocycles. The Labute approximate surface area is 82.2 Å². The van der Waals surface area contributed by atoms with Crippen molar-refractivity contribution in [1.82, 2.24) is 0 Å². The van der Waals surface area contributed by atoms with Gasteiger partial charge in [0, 0.05) is 0 Å². The molecule has 0 radical (unpaired) electrons. The zero-order chi connectivity index (χ0) is 10.6. The van der Waals surface area contributed by atoms with Gasteiger partial charge in [-0.3, -0.25) is 9.59 Å². The molecule has 0 aromatic carbocycles. The lowest BCUT2D eigenvalue weighted by Gasteiger charge is -2.14. The SMILES string of the molecule is CCOC1=C(OCC)C(=O)C=CC1=O. The maximum absolute atomic E-state index is 11.3. The van der Waals surface area contributed by atoms with Gasteiger partial charge in [-0.15, -0.1) is 0 Å². The van der Waals surface area contributed by atoms with Crippen molar-refractivity contribution in [2.75, 3.05) is 13.2 Å². The molecule has 0 bridgehead atoms. The smallest absolute Gasteiger partial charge is 0.224 e. The Morgan fingerprint density at radius 2 is 1.29 bits per heavy atom. The molecule has 0 spiro atoms. The van der Waals surface area contributed by atoms with Gasteiger partial charge in [0.25, 0.3) is 0 Å². The highest BCUT2D eigenvalue weighted by molar-refractivity contribution is 6.18. The third kappa shape index (κ3) is 2.02. The topological polar surface area (TPSA) is 52.6 Å². The van der Waals surface area contributed by atoms with Crippen molar-refractivity contribution >= 4 is 11.6 Å². The fraction of sp³-hybridized carbons (Fsp3) is 0.400. The van der Waals surface area contributed by atoms with E-state index in [9.17, 15) is 9.59 Å². The van der Waals surface area contributed by atoms with Crippen LogP contribution in [0.5, 0.6) is 0 Å². The van der Waals surface area contributed by atoms with E-state index >= 15 is 0 Å². The van der Waals surface area contributed by atoms with Crippen molar-refractivity contribution in [2.45, 2.75) is 13.8 Å². The van der Waals surface area contributed by atoms with E-state index in [0.29, 0.717) is 13.2 Å². The summed E-state index contributed by atoms with van der Waals surface area (Å²) in [5.41, 5.74) is 0. The van der Waals surface area contributed by atoms with Crippen molar-refractivity contribution in [2.24, 2.45) is 0 Å². The largest absolute Gasteiger partial charge is 0.486 e. The van der Waals surface area contributed by atoms with Crippen LogP contribution < -0.4 is 0 Å². The molecule has 1 aliphatic rings. The number of hydrogen-bond donors (Lipinski definition) is 0. The van der Waals surface area contributed by atoms with Crippen LogP contribution in [0.15, 0.2) is 23.7 Å². The van der Waals surface area contributed by atoms with Crippen molar-refractivity contribution in [3.63, 3.8) is 0 Å². The average Bonchev–Trinajstić information content (AvgIpc) is 2.17. The molecule has 0 saturated heterocycles. The van der Waals surface area contributed by atoms with E-state index in [2.05, 4.69) is 0 Å². The summed E-state index contributed by atoms with van der Waals surface area (Å²) in [5.74, 6) is -0.617. The van der Waals surface area contributed by atoms with Gasteiger partial charge in [-0.05, 0) is 26.0 Å². The standard InChI is InChI=1S/C10H12O4/c1-3-13-9-7(11)5-6-8(12)10(9)14-4-2/h5-6H,3-4H2,1-2H3. The fourth-order valence-electron chi connectivity index (χ4n) is 1.09. The first-order valence-electron chi connectivity index (χ1n) is 4.47. The van der Waals surface area contributed by atoms with Gasteiger partial charge in [0.2, 0.25) is 23.1 Å². The number of carbonyl (C=O) groups is 2. The molecule has 0 unspecified atom stereocenters. The lowest BCUT2D eigenvalue weighted by molar-refractivity contribution is -0.120. The molecular formula is C10H12O4. The Hall–Kier alpha value is -1.58. The molecule has 1 aliphatic carbocycles. The molecule has 0 fully saturated rings. The Balaban J connectivity index is 2.99. The van der Waals surface area contributed by atoms with Crippen LogP contribution in [0.1, 0.15) is 13.8 Å². The van der Waals surface area contributed by atoms with Gasteiger partial charge >= 0.3 is 0 Å². The molecule has 0 aliphatic heterocycles. The first kappa shape index (κ1) is 10.5. The predicted molar refractivity (Wildman–Crippen MR) is 49.4 cm³/mol. The molecule has 4 nitrogen and oxygen atoms in total. The summed E-state index contributed by atoms with van der Waals surface area (Å²) in [5, 5.41) is 0. The molecule has 4 heteroatoms. The highest BCUT2D eigenvalue weighted by Gasteiger charge is 2.25. The van der Waals surface area contributed by atoms with Crippen LogP contribution in [0.25, 0.3) is 0 Å². The summed E-state index contributed by atoms with van der Waals surface area (Å²) in [7, 11) is 0. The average molecular weight is 196 g/mol. The Bertz CT molecular complexity index is 282. The maximum Gasteiger partial charge on any atom is 0.224 e. The first-order chi connectivity index (χ1) is 6.70. The molecule has 0 atom stereocenters. The summed E-state index contributed by atoms with van der Waals surface area (Å²) in [6.45, 7) is 4.15. The highest BCUT2D eigenvalue weighted by atomic mass is 16.5. The molecular weight excluding hydrogens is 184 g/mol. The second kappa shape index (κ2) is 4.60. The molecule has 0 aromatic rings. The Morgan fingerprint density at radius 1 is 0.929 bits per heavy atom. The van der Waals surface area contributed by atoms with E-state index < -0.39 is 0 Å². The van der Waals surface area contributed by atoms with Crippen LogP contribution in [-0.4, -0.2) is 24.8 Å². The van der Waals surface area contributed by atoms with E-state index in [1.54, 1.807) is 13.8 Å². The molecule has 1 rings (SSSR count). The minimum atomic E-state index is -0.324. The lowest BCUT2D eigenvalue weighted by atomic mass is 10.1. The second-order valence-corrected chi connectivity index (χ2v) is 2.59. The Kier molecular flexibility index (Phi) is 3.45. The van der Waals surface area contributed by atoms with E-state index in [-0.39, 0.29) is 23.1 Å². The van der Waals surface area contributed by atoms with Crippen LogP contribution in [0.3, 0.4) is 0 Å². The zero-order valence-electron chi connectivity index (χ0n) is 8.20. The molecule has 0 aromatic heterocycles. The number of ether oxygens (including phenoxy) is 2. The van der Waals surface area contributed by atoms with Gasteiger partial charge in [-0.1, -0.05) is 0 Å². The normalized spacial score (nSPS) is 16.1. The summed E-state index contributed by atoms with van der Waals surface area (Å²) < 4.78 is 10.1. The lowest BCUT2D eigenvalue weighted by Crippen LogP contribution is -2.18. The maximum atomic E-state index is 11.3. The van der Waals surface area contributed by atoms with Crippen LogP contribution in [0.2, 0.25) is 0 Å².